The largest absolute Gasteiger partial charge is 0.486 e. The maximum Gasteiger partial charge on any atom is 0.179 e. The number of hydrogen-bond acceptors (Lipinski definition) is 3. The van der Waals surface area contributed by atoms with E-state index in [2.05, 4.69) is 41.3 Å². The highest BCUT2D eigenvalue weighted by Gasteiger charge is 2.24. The van der Waals surface area contributed by atoms with Gasteiger partial charge in [-0.05, 0) is 42.1 Å². The van der Waals surface area contributed by atoms with Crippen LogP contribution in [0.2, 0.25) is 5.02 Å². The van der Waals surface area contributed by atoms with Gasteiger partial charge in [-0.25, -0.2) is 0 Å². The van der Waals surface area contributed by atoms with E-state index in [1.807, 2.05) is 6.07 Å². The first-order valence-electron chi connectivity index (χ1n) is 8.15. The molecule has 0 unspecified atom stereocenters. The summed E-state index contributed by atoms with van der Waals surface area (Å²) in [5, 5.41) is 0.649. The summed E-state index contributed by atoms with van der Waals surface area (Å²) < 4.78 is 11.3. The molecule has 0 radical (unpaired) electrons. The summed E-state index contributed by atoms with van der Waals surface area (Å²) in [7, 11) is 0. The Labute approximate surface area is 141 Å². The molecule has 0 amide bonds. The van der Waals surface area contributed by atoms with Crippen molar-refractivity contribution < 1.29 is 9.47 Å². The van der Waals surface area contributed by atoms with Crippen molar-refractivity contribution in [2.75, 3.05) is 26.3 Å². The van der Waals surface area contributed by atoms with E-state index in [4.69, 9.17) is 21.1 Å². The minimum Gasteiger partial charge on any atom is -0.486 e. The summed E-state index contributed by atoms with van der Waals surface area (Å²) in [6, 6.07) is 14.9. The molecule has 2 aromatic rings. The second-order valence-electron chi connectivity index (χ2n) is 6.23. The summed E-state index contributed by atoms with van der Waals surface area (Å²) in [6.07, 6.45) is 1.21. The summed E-state index contributed by atoms with van der Waals surface area (Å²) in [5.74, 6) is 2.09. The second-order valence-corrected chi connectivity index (χ2v) is 6.64. The number of benzene rings is 2. The van der Waals surface area contributed by atoms with Crippen LogP contribution in [0.1, 0.15) is 23.5 Å². The number of fused-ring (bicyclic) bond motifs is 1. The average molecular weight is 330 g/mol. The fourth-order valence-electron chi connectivity index (χ4n) is 3.49. The minimum absolute atomic E-state index is 0.566. The molecule has 23 heavy (non-hydrogen) atoms. The zero-order valence-corrected chi connectivity index (χ0v) is 13.8. The molecule has 120 valence electrons. The third-order valence-corrected chi connectivity index (χ3v) is 4.89. The molecule has 0 spiro atoms. The van der Waals surface area contributed by atoms with Gasteiger partial charge in [0.2, 0.25) is 0 Å². The smallest absolute Gasteiger partial charge is 0.179 e. The summed E-state index contributed by atoms with van der Waals surface area (Å²) in [5.41, 5.74) is 2.63. The van der Waals surface area contributed by atoms with Crippen LogP contribution in [-0.4, -0.2) is 31.2 Å². The lowest BCUT2D eigenvalue weighted by Crippen LogP contribution is -2.20. The van der Waals surface area contributed by atoms with Crippen molar-refractivity contribution in [1.82, 2.24) is 4.90 Å². The normalized spacial score (nSPS) is 20.7. The Morgan fingerprint density at radius 2 is 1.91 bits per heavy atom. The Morgan fingerprint density at radius 1 is 1.09 bits per heavy atom. The van der Waals surface area contributed by atoms with Crippen LogP contribution in [0.3, 0.4) is 0 Å². The van der Waals surface area contributed by atoms with Gasteiger partial charge in [-0.15, -0.1) is 0 Å². The van der Waals surface area contributed by atoms with Crippen molar-refractivity contribution in [1.29, 1.82) is 0 Å². The Kier molecular flexibility index (Phi) is 4.15. The molecule has 4 heteroatoms. The summed E-state index contributed by atoms with van der Waals surface area (Å²) >= 11 is 6.33. The van der Waals surface area contributed by atoms with E-state index in [0.29, 0.717) is 29.9 Å². The predicted molar refractivity (Wildman–Crippen MR) is 91.5 cm³/mol. The van der Waals surface area contributed by atoms with E-state index in [9.17, 15) is 0 Å². The molecule has 4 rings (SSSR count). The van der Waals surface area contributed by atoms with Crippen LogP contribution < -0.4 is 9.47 Å². The third kappa shape index (κ3) is 3.17. The molecule has 0 bridgehead atoms. The topological polar surface area (TPSA) is 21.7 Å². The number of ether oxygens (including phenoxy) is 2. The predicted octanol–water partition coefficient (Wildman–Crippen LogP) is 4.10. The van der Waals surface area contributed by atoms with Gasteiger partial charge in [0.15, 0.2) is 11.5 Å². The van der Waals surface area contributed by atoms with Crippen LogP contribution in [0.5, 0.6) is 11.5 Å². The number of hydrogen-bond donors (Lipinski definition) is 0. The standard InChI is InChI=1S/C19H20ClNO2/c20-17-10-14(11-18-19(17)23-9-8-22-18)12-21-7-6-16(13-21)15-4-2-1-3-5-15/h1-5,10-11,16H,6-9,12-13H2/t16-/m0/s1. The third-order valence-electron chi connectivity index (χ3n) is 4.61. The number of likely N-dealkylation sites (tertiary alicyclic amines) is 1. The Bertz CT molecular complexity index is 689. The van der Waals surface area contributed by atoms with Crippen LogP contribution in [0.15, 0.2) is 42.5 Å². The molecule has 1 saturated heterocycles. The molecule has 1 atom stereocenters. The molecule has 2 aliphatic heterocycles. The molecule has 0 N–H and O–H groups in total. The van der Waals surface area contributed by atoms with Crippen molar-refractivity contribution >= 4 is 11.6 Å². The first-order chi connectivity index (χ1) is 11.3. The lowest BCUT2D eigenvalue weighted by atomic mass is 9.99. The molecule has 0 aromatic heterocycles. The van der Waals surface area contributed by atoms with Gasteiger partial charge in [0.25, 0.3) is 0 Å². The van der Waals surface area contributed by atoms with E-state index in [-0.39, 0.29) is 0 Å². The summed E-state index contributed by atoms with van der Waals surface area (Å²) in [6.45, 7) is 4.27. The van der Waals surface area contributed by atoms with Gasteiger partial charge in [0.05, 0.1) is 5.02 Å². The van der Waals surface area contributed by atoms with Gasteiger partial charge in [-0.1, -0.05) is 41.9 Å². The molecular formula is C19H20ClNO2. The van der Waals surface area contributed by atoms with Gasteiger partial charge in [-0.3, -0.25) is 4.90 Å². The van der Waals surface area contributed by atoms with Gasteiger partial charge in [0, 0.05) is 13.1 Å². The van der Waals surface area contributed by atoms with E-state index in [1.165, 1.54) is 17.5 Å². The van der Waals surface area contributed by atoms with Gasteiger partial charge < -0.3 is 9.47 Å². The van der Waals surface area contributed by atoms with Crippen LogP contribution in [-0.2, 0) is 6.54 Å². The highest BCUT2D eigenvalue weighted by Crippen LogP contribution is 2.39. The first-order valence-corrected chi connectivity index (χ1v) is 8.53. The number of nitrogens with zero attached hydrogens (tertiary/aromatic N) is 1. The summed E-state index contributed by atoms with van der Waals surface area (Å²) in [4.78, 5) is 2.49. The highest BCUT2D eigenvalue weighted by molar-refractivity contribution is 6.32. The fourth-order valence-corrected chi connectivity index (χ4v) is 3.78. The monoisotopic (exact) mass is 329 g/mol. The van der Waals surface area contributed by atoms with E-state index < -0.39 is 0 Å². The maximum atomic E-state index is 6.33. The van der Waals surface area contributed by atoms with Crippen molar-refractivity contribution in [3.63, 3.8) is 0 Å². The Hall–Kier alpha value is -1.71. The molecule has 2 aromatic carbocycles. The highest BCUT2D eigenvalue weighted by atomic mass is 35.5. The van der Waals surface area contributed by atoms with Gasteiger partial charge >= 0.3 is 0 Å². The van der Waals surface area contributed by atoms with Crippen LogP contribution in [0, 0.1) is 0 Å². The SMILES string of the molecule is Clc1cc(CN2CC[C@H](c3ccccc3)C2)cc2c1OCCO2. The first kappa shape index (κ1) is 14.9. The van der Waals surface area contributed by atoms with E-state index >= 15 is 0 Å². The Balaban J connectivity index is 1.46. The van der Waals surface area contributed by atoms with Gasteiger partial charge in [0.1, 0.15) is 13.2 Å². The number of halogens is 1. The van der Waals surface area contributed by atoms with Gasteiger partial charge in [-0.2, -0.15) is 0 Å². The van der Waals surface area contributed by atoms with Crippen molar-refractivity contribution in [2.45, 2.75) is 18.9 Å². The Morgan fingerprint density at radius 3 is 2.78 bits per heavy atom. The van der Waals surface area contributed by atoms with Crippen LogP contribution in [0.25, 0.3) is 0 Å². The van der Waals surface area contributed by atoms with Crippen molar-refractivity contribution in [2.24, 2.45) is 0 Å². The van der Waals surface area contributed by atoms with Crippen molar-refractivity contribution in [3.8, 4) is 11.5 Å². The lowest BCUT2D eigenvalue weighted by molar-refractivity contribution is 0.171. The molecule has 2 heterocycles. The molecule has 1 fully saturated rings. The van der Waals surface area contributed by atoms with Crippen molar-refractivity contribution in [3.05, 3.63) is 58.6 Å². The van der Waals surface area contributed by atoms with E-state index in [0.717, 1.165) is 25.4 Å². The minimum atomic E-state index is 0.566. The van der Waals surface area contributed by atoms with Crippen LogP contribution >= 0.6 is 11.6 Å². The molecule has 0 aliphatic carbocycles. The fraction of sp³-hybridized carbons (Fsp3) is 0.368. The molecular weight excluding hydrogens is 310 g/mol. The quantitative estimate of drug-likeness (QED) is 0.846. The number of rotatable bonds is 3. The second kappa shape index (κ2) is 6.42. The molecule has 2 aliphatic rings. The lowest BCUT2D eigenvalue weighted by Gasteiger charge is -2.22. The zero-order chi connectivity index (χ0) is 15.6. The van der Waals surface area contributed by atoms with Crippen LogP contribution in [0.4, 0.5) is 0 Å². The average Bonchev–Trinajstić information content (AvgIpc) is 3.04. The zero-order valence-electron chi connectivity index (χ0n) is 13.0. The van der Waals surface area contributed by atoms with E-state index in [1.54, 1.807) is 0 Å². The maximum absolute atomic E-state index is 6.33. The molecule has 3 nitrogen and oxygen atoms in total. The molecule has 0 saturated carbocycles.